The molecule has 1 aromatic heterocycles. The highest BCUT2D eigenvalue weighted by atomic mass is 16.7. The second kappa shape index (κ2) is 6.35. The molecule has 1 aliphatic heterocycles. The number of benzene rings is 2. The number of carboxylic acid groups (broad SMARTS) is 1. The van der Waals surface area contributed by atoms with E-state index >= 15 is 0 Å². The highest BCUT2D eigenvalue weighted by molar-refractivity contribution is 6.19. The summed E-state index contributed by atoms with van der Waals surface area (Å²) in [6.07, 6.45) is -0.194. The average Bonchev–Trinajstić information content (AvgIpc) is 3.24. The van der Waals surface area contributed by atoms with Crippen LogP contribution in [0.1, 0.15) is 27.2 Å². The fourth-order valence-electron chi connectivity index (χ4n) is 3.42. The molecule has 0 amide bonds. The third kappa shape index (κ3) is 2.77. The van der Waals surface area contributed by atoms with E-state index in [0.29, 0.717) is 50.5 Å². The number of carbonyl (C=O) groups excluding carboxylic acids is 1. The molecule has 0 bridgehead atoms. The number of carbonyl (C=O) groups is 2. The third-order valence-electron chi connectivity index (χ3n) is 4.65. The summed E-state index contributed by atoms with van der Waals surface area (Å²) in [7, 11) is 1.48. The number of methoxy groups -OCH3 is 1. The molecule has 3 aromatic rings. The minimum atomic E-state index is -0.969. The van der Waals surface area contributed by atoms with Gasteiger partial charge in [-0.15, -0.1) is 0 Å². The summed E-state index contributed by atoms with van der Waals surface area (Å²) >= 11 is 0. The second-order valence-electron chi connectivity index (χ2n) is 6.26. The lowest BCUT2D eigenvalue weighted by atomic mass is 9.95. The fraction of sp³-hybridized carbons (Fsp3) is 0.200. The molecule has 2 heterocycles. The first-order chi connectivity index (χ1) is 13.0. The summed E-state index contributed by atoms with van der Waals surface area (Å²) in [5.41, 5.74) is 2.70. The first-order valence-electron chi connectivity index (χ1n) is 8.34. The Bertz CT molecular complexity index is 1080. The molecule has 2 aromatic carbocycles. The van der Waals surface area contributed by atoms with E-state index in [0.717, 1.165) is 0 Å². The van der Waals surface area contributed by atoms with Gasteiger partial charge in [-0.2, -0.15) is 0 Å². The van der Waals surface area contributed by atoms with Gasteiger partial charge in [0.1, 0.15) is 5.75 Å². The zero-order valence-electron chi connectivity index (χ0n) is 14.8. The molecule has 0 saturated heterocycles. The van der Waals surface area contributed by atoms with Crippen molar-refractivity contribution in [3.05, 3.63) is 52.7 Å². The Morgan fingerprint density at radius 2 is 1.96 bits per heavy atom. The predicted octanol–water partition coefficient (Wildman–Crippen LogP) is 3.07. The van der Waals surface area contributed by atoms with Gasteiger partial charge in [0.15, 0.2) is 17.3 Å². The standard InChI is InChI=1S/C20H17NO6/c1-10-12(8-17(22)23)18-13(21-10)4-6-15(25-2)19(18)20(24)11-3-5-14-16(7-11)27-9-26-14/h3-7,21H,8-9H2,1-2H3,(H,22,23). The van der Waals surface area contributed by atoms with Crippen LogP contribution in [0.15, 0.2) is 30.3 Å². The SMILES string of the molecule is COc1ccc2[nH]c(C)c(CC(=O)O)c2c1C(=O)c1ccc2c(c1)OCO2. The van der Waals surface area contributed by atoms with E-state index in [9.17, 15) is 14.7 Å². The Labute approximate surface area is 154 Å². The van der Waals surface area contributed by atoms with Crippen LogP contribution in [-0.4, -0.2) is 35.7 Å². The predicted molar refractivity (Wildman–Crippen MR) is 96.9 cm³/mol. The zero-order chi connectivity index (χ0) is 19.1. The summed E-state index contributed by atoms with van der Waals surface area (Å²) < 4.78 is 16.1. The van der Waals surface area contributed by atoms with E-state index in [-0.39, 0.29) is 19.0 Å². The smallest absolute Gasteiger partial charge is 0.307 e. The van der Waals surface area contributed by atoms with Crippen molar-refractivity contribution in [2.45, 2.75) is 13.3 Å². The Balaban J connectivity index is 1.93. The number of hydrogen-bond acceptors (Lipinski definition) is 5. The number of carboxylic acids is 1. The van der Waals surface area contributed by atoms with E-state index in [1.807, 2.05) is 0 Å². The molecule has 2 N–H and O–H groups in total. The molecule has 0 saturated carbocycles. The minimum Gasteiger partial charge on any atom is -0.496 e. The number of ether oxygens (including phenoxy) is 3. The van der Waals surface area contributed by atoms with E-state index in [4.69, 9.17) is 14.2 Å². The molecule has 0 aliphatic carbocycles. The van der Waals surface area contributed by atoms with Gasteiger partial charge in [-0.25, -0.2) is 0 Å². The van der Waals surface area contributed by atoms with Crippen molar-refractivity contribution in [2.24, 2.45) is 0 Å². The third-order valence-corrected chi connectivity index (χ3v) is 4.65. The van der Waals surface area contributed by atoms with Crippen LogP contribution in [0.5, 0.6) is 17.2 Å². The average molecular weight is 367 g/mol. The van der Waals surface area contributed by atoms with Crippen LogP contribution < -0.4 is 14.2 Å². The van der Waals surface area contributed by atoms with Gasteiger partial charge in [-0.05, 0) is 42.8 Å². The quantitative estimate of drug-likeness (QED) is 0.673. The van der Waals surface area contributed by atoms with Gasteiger partial charge in [0.05, 0.1) is 19.1 Å². The van der Waals surface area contributed by atoms with Gasteiger partial charge >= 0.3 is 5.97 Å². The van der Waals surface area contributed by atoms with Crippen molar-refractivity contribution in [1.29, 1.82) is 0 Å². The Hall–Kier alpha value is -3.48. The van der Waals surface area contributed by atoms with Gasteiger partial charge in [-0.1, -0.05) is 0 Å². The fourth-order valence-corrected chi connectivity index (χ4v) is 3.42. The maximum Gasteiger partial charge on any atom is 0.307 e. The summed E-state index contributed by atoms with van der Waals surface area (Å²) in [5.74, 6) is 0.226. The highest BCUT2D eigenvalue weighted by Crippen LogP contribution is 2.37. The van der Waals surface area contributed by atoms with Crippen LogP contribution in [-0.2, 0) is 11.2 Å². The molecule has 138 valence electrons. The minimum absolute atomic E-state index is 0.117. The molecular formula is C20H17NO6. The normalized spacial score (nSPS) is 12.4. The van der Waals surface area contributed by atoms with Crippen LogP contribution in [0.4, 0.5) is 0 Å². The first kappa shape index (κ1) is 17.0. The summed E-state index contributed by atoms with van der Waals surface area (Å²) in [6.45, 7) is 1.91. The molecular weight excluding hydrogens is 350 g/mol. The largest absolute Gasteiger partial charge is 0.496 e. The van der Waals surface area contributed by atoms with Crippen molar-refractivity contribution in [3.8, 4) is 17.2 Å². The van der Waals surface area contributed by atoms with Crippen molar-refractivity contribution in [2.75, 3.05) is 13.9 Å². The van der Waals surface area contributed by atoms with Gasteiger partial charge < -0.3 is 24.3 Å². The van der Waals surface area contributed by atoms with E-state index < -0.39 is 5.97 Å². The first-order valence-corrected chi connectivity index (χ1v) is 8.34. The van der Waals surface area contributed by atoms with E-state index in [2.05, 4.69) is 4.98 Å². The molecule has 7 heteroatoms. The number of rotatable bonds is 5. The number of aromatic amines is 1. The van der Waals surface area contributed by atoms with Crippen LogP contribution in [0, 0.1) is 6.92 Å². The molecule has 27 heavy (non-hydrogen) atoms. The number of H-pyrrole nitrogens is 1. The number of ketones is 1. The van der Waals surface area contributed by atoms with Crippen molar-refractivity contribution in [1.82, 2.24) is 4.98 Å². The monoisotopic (exact) mass is 367 g/mol. The van der Waals surface area contributed by atoms with Crippen molar-refractivity contribution < 1.29 is 28.9 Å². The highest BCUT2D eigenvalue weighted by Gasteiger charge is 2.25. The lowest BCUT2D eigenvalue weighted by molar-refractivity contribution is -0.136. The number of fused-ring (bicyclic) bond motifs is 2. The van der Waals surface area contributed by atoms with Crippen LogP contribution in [0.2, 0.25) is 0 Å². The number of aryl methyl sites for hydroxylation is 1. The maximum atomic E-state index is 13.3. The van der Waals surface area contributed by atoms with Crippen LogP contribution in [0.25, 0.3) is 10.9 Å². The van der Waals surface area contributed by atoms with Crippen LogP contribution >= 0.6 is 0 Å². The Kier molecular flexibility index (Phi) is 3.99. The Morgan fingerprint density at radius 1 is 1.19 bits per heavy atom. The molecule has 7 nitrogen and oxygen atoms in total. The molecule has 0 fully saturated rings. The zero-order valence-corrected chi connectivity index (χ0v) is 14.8. The van der Waals surface area contributed by atoms with Gasteiger partial charge in [0, 0.05) is 22.2 Å². The molecule has 4 rings (SSSR count). The summed E-state index contributed by atoms with van der Waals surface area (Å²) in [5, 5.41) is 9.85. The van der Waals surface area contributed by atoms with Crippen LogP contribution in [0.3, 0.4) is 0 Å². The second-order valence-corrected chi connectivity index (χ2v) is 6.26. The number of aromatic nitrogens is 1. The van der Waals surface area contributed by atoms with Crippen molar-refractivity contribution >= 4 is 22.7 Å². The molecule has 0 radical (unpaired) electrons. The lowest BCUT2D eigenvalue weighted by Crippen LogP contribution is -2.07. The lowest BCUT2D eigenvalue weighted by Gasteiger charge is -2.11. The van der Waals surface area contributed by atoms with Crippen molar-refractivity contribution in [3.63, 3.8) is 0 Å². The maximum absolute atomic E-state index is 13.3. The van der Waals surface area contributed by atoms with E-state index in [1.54, 1.807) is 37.3 Å². The molecule has 1 aliphatic rings. The summed E-state index contributed by atoms with van der Waals surface area (Å²) in [6, 6.07) is 8.44. The topological polar surface area (TPSA) is 97.9 Å². The Morgan fingerprint density at radius 3 is 2.70 bits per heavy atom. The van der Waals surface area contributed by atoms with Gasteiger partial charge in [-0.3, -0.25) is 9.59 Å². The summed E-state index contributed by atoms with van der Waals surface area (Å²) in [4.78, 5) is 27.8. The van der Waals surface area contributed by atoms with Gasteiger partial charge in [0.2, 0.25) is 6.79 Å². The molecule has 0 unspecified atom stereocenters. The number of hydrogen-bond donors (Lipinski definition) is 2. The molecule has 0 atom stereocenters. The number of nitrogens with one attached hydrogen (secondary N) is 1. The number of aliphatic carboxylic acids is 1. The van der Waals surface area contributed by atoms with Gasteiger partial charge in [0.25, 0.3) is 0 Å². The molecule has 0 spiro atoms. The van der Waals surface area contributed by atoms with E-state index in [1.165, 1.54) is 7.11 Å².